The standard InChI is InChI=1S/C13H9FN4O3/c14-8-3-1-7(2-4-8)5-9-17-12(21-18-9)10-11(13(19)20)16-6-15-10/h1-4,6H,5H2,(H,15,16)(H,19,20). The third-order valence-electron chi connectivity index (χ3n) is 2.80. The summed E-state index contributed by atoms with van der Waals surface area (Å²) in [6.07, 6.45) is 1.59. The molecule has 106 valence electrons. The van der Waals surface area contributed by atoms with Crippen LogP contribution in [0.25, 0.3) is 11.6 Å². The van der Waals surface area contributed by atoms with E-state index in [0.717, 1.165) is 5.56 Å². The number of aromatic nitrogens is 4. The number of benzene rings is 1. The van der Waals surface area contributed by atoms with Crippen LogP contribution in [-0.2, 0) is 6.42 Å². The van der Waals surface area contributed by atoms with Crippen LogP contribution in [0.2, 0.25) is 0 Å². The summed E-state index contributed by atoms with van der Waals surface area (Å²) in [4.78, 5) is 21.4. The first kappa shape index (κ1) is 13.0. The van der Waals surface area contributed by atoms with Gasteiger partial charge in [0.1, 0.15) is 11.5 Å². The Bertz CT molecular complexity index is 779. The molecule has 0 amide bonds. The van der Waals surface area contributed by atoms with Crippen molar-refractivity contribution in [3.05, 3.63) is 53.5 Å². The van der Waals surface area contributed by atoms with Crippen molar-refractivity contribution in [2.75, 3.05) is 0 Å². The maximum absolute atomic E-state index is 12.8. The van der Waals surface area contributed by atoms with Crippen LogP contribution in [0.1, 0.15) is 21.9 Å². The summed E-state index contributed by atoms with van der Waals surface area (Å²) in [5.41, 5.74) is 0.777. The van der Waals surface area contributed by atoms with Crippen LogP contribution in [-0.4, -0.2) is 31.2 Å². The van der Waals surface area contributed by atoms with Crippen molar-refractivity contribution in [2.45, 2.75) is 6.42 Å². The van der Waals surface area contributed by atoms with E-state index in [-0.39, 0.29) is 23.1 Å². The molecule has 3 rings (SSSR count). The summed E-state index contributed by atoms with van der Waals surface area (Å²) in [5, 5.41) is 12.7. The Morgan fingerprint density at radius 3 is 2.81 bits per heavy atom. The van der Waals surface area contributed by atoms with E-state index in [1.54, 1.807) is 12.1 Å². The summed E-state index contributed by atoms with van der Waals surface area (Å²) < 4.78 is 17.8. The number of halogens is 1. The Morgan fingerprint density at radius 1 is 1.33 bits per heavy atom. The summed E-state index contributed by atoms with van der Waals surface area (Å²) in [6.45, 7) is 0. The summed E-state index contributed by atoms with van der Waals surface area (Å²) in [7, 11) is 0. The van der Waals surface area contributed by atoms with Gasteiger partial charge in [0.15, 0.2) is 11.5 Å². The molecule has 3 aromatic rings. The van der Waals surface area contributed by atoms with E-state index in [0.29, 0.717) is 12.2 Å². The molecule has 0 fully saturated rings. The highest BCUT2D eigenvalue weighted by molar-refractivity contribution is 5.91. The highest BCUT2D eigenvalue weighted by atomic mass is 19.1. The van der Waals surface area contributed by atoms with E-state index in [1.165, 1.54) is 18.5 Å². The number of imidazole rings is 1. The van der Waals surface area contributed by atoms with Gasteiger partial charge in [-0.2, -0.15) is 4.98 Å². The fraction of sp³-hybridized carbons (Fsp3) is 0.0769. The first-order valence-electron chi connectivity index (χ1n) is 5.97. The molecule has 0 saturated heterocycles. The molecule has 2 N–H and O–H groups in total. The molecule has 0 unspecified atom stereocenters. The van der Waals surface area contributed by atoms with Gasteiger partial charge in [-0.3, -0.25) is 0 Å². The van der Waals surface area contributed by atoms with E-state index < -0.39 is 5.97 Å². The zero-order valence-corrected chi connectivity index (χ0v) is 10.6. The van der Waals surface area contributed by atoms with Gasteiger partial charge in [0.2, 0.25) is 0 Å². The van der Waals surface area contributed by atoms with Crippen molar-refractivity contribution < 1.29 is 18.8 Å². The van der Waals surface area contributed by atoms with Gasteiger partial charge in [-0.05, 0) is 17.7 Å². The van der Waals surface area contributed by atoms with Crippen LogP contribution in [0.15, 0.2) is 35.1 Å². The number of carbonyl (C=O) groups is 1. The SMILES string of the molecule is O=C(O)c1nc[nH]c1-c1nc(Cc2ccc(F)cc2)no1. The largest absolute Gasteiger partial charge is 0.476 e. The maximum Gasteiger partial charge on any atom is 0.356 e. The number of aromatic carboxylic acids is 1. The quantitative estimate of drug-likeness (QED) is 0.759. The van der Waals surface area contributed by atoms with Crippen molar-refractivity contribution in [1.29, 1.82) is 0 Å². The number of aromatic amines is 1. The van der Waals surface area contributed by atoms with Crippen LogP contribution in [0.4, 0.5) is 4.39 Å². The molecule has 0 aliphatic heterocycles. The molecular weight excluding hydrogens is 279 g/mol. The number of carboxylic acids is 1. The number of H-pyrrole nitrogens is 1. The van der Waals surface area contributed by atoms with E-state index in [9.17, 15) is 9.18 Å². The average Bonchev–Trinajstić information content (AvgIpc) is 3.09. The third-order valence-corrected chi connectivity index (χ3v) is 2.80. The number of hydrogen-bond donors (Lipinski definition) is 2. The molecule has 0 aliphatic rings. The molecule has 0 radical (unpaired) electrons. The predicted molar refractivity (Wildman–Crippen MR) is 68.0 cm³/mol. The average molecular weight is 288 g/mol. The van der Waals surface area contributed by atoms with Crippen LogP contribution in [0, 0.1) is 5.82 Å². The molecule has 0 aliphatic carbocycles. The minimum atomic E-state index is -1.19. The van der Waals surface area contributed by atoms with Gasteiger partial charge in [-0.15, -0.1) is 0 Å². The lowest BCUT2D eigenvalue weighted by atomic mass is 10.1. The smallest absolute Gasteiger partial charge is 0.356 e. The first-order valence-corrected chi connectivity index (χ1v) is 5.97. The highest BCUT2D eigenvalue weighted by Crippen LogP contribution is 2.19. The minimum absolute atomic E-state index is 0.0435. The number of hydrogen-bond acceptors (Lipinski definition) is 5. The Kier molecular flexibility index (Phi) is 3.19. The molecule has 2 aromatic heterocycles. The zero-order valence-electron chi connectivity index (χ0n) is 10.6. The monoisotopic (exact) mass is 288 g/mol. The second-order valence-electron chi connectivity index (χ2n) is 4.25. The number of rotatable bonds is 4. The molecule has 0 atom stereocenters. The fourth-order valence-electron chi connectivity index (χ4n) is 1.83. The van der Waals surface area contributed by atoms with Crippen molar-refractivity contribution in [1.82, 2.24) is 20.1 Å². The molecule has 7 nitrogen and oxygen atoms in total. The van der Waals surface area contributed by atoms with Crippen LogP contribution in [0.5, 0.6) is 0 Å². The molecule has 1 aromatic carbocycles. The van der Waals surface area contributed by atoms with Gasteiger partial charge in [0.25, 0.3) is 5.89 Å². The number of nitrogens with one attached hydrogen (secondary N) is 1. The van der Waals surface area contributed by atoms with Crippen molar-refractivity contribution in [3.8, 4) is 11.6 Å². The predicted octanol–water partition coefficient (Wildman–Crippen LogP) is 1.89. The van der Waals surface area contributed by atoms with Gasteiger partial charge in [0.05, 0.1) is 6.33 Å². The van der Waals surface area contributed by atoms with Gasteiger partial charge in [-0.1, -0.05) is 17.3 Å². The number of carboxylic acid groups (broad SMARTS) is 1. The van der Waals surface area contributed by atoms with Crippen LogP contribution in [0.3, 0.4) is 0 Å². The summed E-state index contributed by atoms with van der Waals surface area (Å²) in [5.74, 6) is -1.11. The van der Waals surface area contributed by atoms with Crippen molar-refractivity contribution in [3.63, 3.8) is 0 Å². The lowest BCUT2D eigenvalue weighted by Gasteiger charge is -1.95. The molecule has 0 saturated carbocycles. The maximum atomic E-state index is 12.8. The van der Waals surface area contributed by atoms with Gasteiger partial charge in [-0.25, -0.2) is 14.2 Å². The van der Waals surface area contributed by atoms with E-state index in [2.05, 4.69) is 20.1 Å². The second-order valence-corrected chi connectivity index (χ2v) is 4.25. The lowest BCUT2D eigenvalue weighted by Crippen LogP contribution is -1.99. The van der Waals surface area contributed by atoms with Crippen LogP contribution < -0.4 is 0 Å². The molecule has 2 heterocycles. The van der Waals surface area contributed by atoms with Gasteiger partial charge < -0.3 is 14.6 Å². The Hall–Kier alpha value is -3.03. The highest BCUT2D eigenvalue weighted by Gasteiger charge is 2.20. The molecule has 8 heteroatoms. The Labute approximate surface area is 117 Å². The van der Waals surface area contributed by atoms with Crippen LogP contribution >= 0.6 is 0 Å². The summed E-state index contributed by atoms with van der Waals surface area (Å²) >= 11 is 0. The Balaban J connectivity index is 1.84. The lowest BCUT2D eigenvalue weighted by molar-refractivity contribution is 0.0691. The van der Waals surface area contributed by atoms with Crippen molar-refractivity contribution in [2.24, 2.45) is 0 Å². The summed E-state index contributed by atoms with van der Waals surface area (Å²) in [6, 6.07) is 5.91. The molecule has 0 spiro atoms. The first-order chi connectivity index (χ1) is 10.1. The third kappa shape index (κ3) is 2.64. The molecular formula is C13H9FN4O3. The fourth-order valence-corrected chi connectivity index (χ4v) is 1.83. The minimum Gasteiger partial charge on any atom is -0.476 e. The number of nitrogens with zero attached hydrogens (tertiary/aromatic N) is 3. The molecule has 21 heavy (non-hydrogen) atoms. The van der Waals surface area contributed by atoms with Gasteiger partial charge >= 0.3 is 5.97 Å². The zero-order chi connectivity index (χ0) is 14.8. The van der Waals surface area contributed by atoms with Gasteiger partial charge in [0, 0.05) is 6.42 Å². The topological polar surface area (TPSA) is 105 Å². The second kappa shape index (κ2) is 5.16. The Morgan fingerprint density at radius 2 is 2.10 bits per heavy atom. The van der Waals surface area contributed by atoms with E-state index in [4.69, 9.17) is 9.63 Å². The van der Waals surface area contributed by atoms with Crippen molar-refractivity contribution >= 4 is 5.97 Å². The normalized spacial score (nSPS) is 10.7. The van der Waals surface area contributed by atoms with E-state index in [1.807, 2.05) is 0 Å². The van der Waals surface area contributed by atoms with E-state index >= 15 is 0 Å². The molecule has 0 bridgehead atoms.